The fraction of sp³-hybridized carbons (Fsp3) is 0.364. The number of aryl methyl sites for hydroxylation is 1. The van der Waals surface area contributed by atoms with E-state index in [4.69, 9.17) is 5.11 Å². The minimum Gasteiger partial charge on any atom is -0.508 e. The molecule has 0 saturated heterocycles. The third-order valence-electron chi connectivity index (χ3n) is 2.04. The van der Waals surface area contributed by atoms with Crippen molar-refractivity contribution in [3.8, 4) is 11.5 Å². The zero-order chi connectivity index (χ0) is 10.6. The Bertz CT molecular complexity index is 331. The standard InChI is InChI=1S/C11H14O3/c1-8(12)3-2-4-9-5-6-10(13)7-11(9)14/h5-7,13-14H,2-4H2,1H3. The van der Waals surface area contributed by atoms with Gasteiger partial charge in [-0.05, 0) is 31.4 Å². The van der Waals surface area contributed by atoms with Crippen molar-refractivity contribution in [2.24, 2.45) is 0 Å². The lowest BCUT2D eigenvalue weighted by Gasteiger charge is -2.03. The lowest BCUT2D eigenvalue weighted by molar-refractivity contribution is -0.117. The average molecular weight is 194 g/mol. The summed E-state index contributed by atoms with van der Waals surface area (Å²) >= 11 is 0. The number of aromatic hydroxyl groups is 2. The number of rotatable bonds is 4. The second-order valence-corrected chi connectivity index (χ2v) is 3.37. The zero-order valence-corrected chi connectivity index (χ0v) is 8.16. The molecule has 0 fully saturated rings. The molecular formula is C11H14O3. The van der Waals surface area contributed by atoms with Gasteiger partial charge >= 0.3 is 0 Å². The Morgan fingerprint density at radius 1 is 1.36 bits per heavy atom. The van der Waals surface area contributed by atoms with E-state index in [1.54, 1.807) is 13.0 Å². The minimum atomic E-state index is 0.0535. The van der Waals surface area contributed by atoms with Crippen LogP contribution < -0.4 is 0 Å². The summed E-state index contributed by atoms with van der Waals surface area (Å²) in [6.45, 7) is 1.55. The summed E-state index contributed by atoms with van der Waals surface area (Å²) in [5.41, 5.74) is 0.768. The van der Waals surface area contributed by atoms with Crippen molar-refractivity contribution in [3.63, 3.8) is 0 Å². The summed E-state index contributed by atoms with van der Waals surface area (Å²) in [4.78, 5) is 10.7. The van der Waals surface area contributed by atoms with Crippen LogP contribution in [0.2, 0.25) is 0 Å². The van der Waals surface area contributed by atoms with Crippen LogP contribution in [0, 0.1) is 0 Å². The highest BCUT2D eigenvalue weighted by molar-refractivity contribution is 5.75. The normalized spacial score (nSPS) is 10.1. The summed E-state index contributed by atoms with van der Waals surface area (Å²) in [5.74, 6) is 0.301. The van der Waals surface area contributed by atoms with Crippen molar-refractivity contribution < 1.29 is 15.0 Å². The van der Waals surface area contributed by atoms with Gasteiger partial charge in [-0.15, -0.1) is 0 Å². The first-order valence-electron chi connectivity index (χ1n) is 4.60. The van der Waals surface area contributed by atoms with Crippen LogP contribution in [0.15, 0.2) is 18.2 Å². The van der Waals surface area contributed by atoms with E-state index in [1.807, 2.05) is 0 Å². The molecule has 76 valence electrons. The summed E-state index contributed by atoms with van der Waals surface area (Å²) in [6.07, 6.45) is 1.92. The van der Waals surface area contributed by atoms with E-state index in [2.05, 4.69) is 0 Å². The Hall–Kier alpha value is -1.51. The first-order valence-corrected chi connectivity index (χ1v) is 4.60. The summed E-state index contributed by atoms with van der Waals surface area (Å²) < 4.78 is 0. The largest absolute Gasteiger partial charge is 0.508 e. The van der Waals surface area contributed by atoms with E-state index in [0.29, 0.717) is 12.8 Å². The Labute approximate surface area is 83.0 Å². The highest BCUT2D eigenvalue weighted by atomic mass is 16.3. The van der Waals surface area contributed by atoms with Crippen LogP contribution in [0.4, 0.5) is 0 Å². The fourth-order valence-corrected chi connectivity index (χ4v) is 1.29. The molecule has 0 bridgehead atoms. The molecule has 3 nitrogen and oxygen atoms in total. The molecule has 1 rings (SSSR count). The van der Waals surface area contributed by atoms with Gasteiger partial charge in [-0.25, -0.2) is 0 Å². The van der Waals surface area contributed by atoms with Gasteiger partial charge in [0.2, 0.25) is 0 Å². The molecule has 0 aromatic heterocycles. The van der Waals surface area contributed by atoms with Crippen LogP contribution in [0.5, 0.6) is 11.5 Å². The molecule has 2 N–H and O–H groups in total. The van der Waals surface area contributed by atoms with Gasteiger partial charge in [-0.3, -0.25) is 0 Å². The van der Waals surface area contributed by atoms with E-state index in [0.717, 1.165) is 12.0 Å². The van der Waals surface area contributed by atoms with Crippen LogP contribution in [0.3, 0.4) is 0 Å². The predicted molar refractivity (Wildman–Crippen MR) is 53.4 cm³/mol. The Morgan fingerprint density at radius 3 is 2.64 bits per heavy atom. The topological polar surface area (TPSA) is 57.5 Å². The summed E-state index contributed by atoms with van der Waals surface area (Å²) in [7, 11) is 0. The van der Waals surface area contributed by atoms with Crippen LogP contribution in [0.1, 0.15) is 25.3 Å². The maximum Gasteiger partial charge on any atom is 0.129 e. The van der Waals surface area contributed by atoms with E-state index < -0.39 is 0 Å². The van der Waals surface area contributed by atoms with Crippen LogP contribution in [0.25, 0.3) is 0 Å². The number of carbonyl (C=O) groups is 1. The molecule has 0 spiro atoms. The van der Waals surface area contributed by atoms with Crippen molar-refractivity contribution in [2.75, 3.05) is 0 Å². The molecule has 0 unspecified atom stereocenters. The molecule has 0 saturated carbocycles. The number of ketones is 1. The Balaban J connectivity index is 2.55. The van der Waals surface area contributed by atoms with Crippen molar-refractivity contribution >= 4 is 5.78 Å². The van der Waals surface area contributed by atoms with Crippen molar-refractivity contribution in [1.82, 2.24) is 0 Å². The first-order chi connectivity index (χ1) is 6.59. The van der Waals surface area contributed by atoms with E-state index >= 15 is 0 Å². The molecule has 3 heteroatoms. The average Bonchev–Trinajstić information content (AvgIpc) is 2.08. The SMILES string of the molecule is CC(=O)CCCc1ccc(O)cc1O. The molecule has 0 aliphatic heterocycles. The Kier molecular flexibility index (Phi) is 3.51. The highest BCUT2D eigenvalue weighted by Gasteiger charge is 2.02. The number of phenolic OH excluding ortho intramolecular Hbond substituents is 2. The molecule has 1 aromatic carbocycles. The van der Waals surface area contributed by atoms with Gasteiger partial charge in [-0.2, -0.15) is 0 Å². The van der Waals surface area contributed by atoms with Crippen LogP contribution in [-0.2, 0) is 11.2 Å². The number of carbonyl (C=O) groups excluding carboxylic acids is 1. The maximum atomic E-state index is 10.7. The van der Waals surface area contributed by atoms with Gasteiger partial charge in [0.05, 0.1) is 0 Å². The van der Waals surface area contributed by atoms with Crippen molar-refractivity contribution in [3.05, 3.63) is 23.8 Å². The van der Waals surface area contributed by atoms with E-state index in [-0.39, 0.29) is 17.3 Å². The van der Waals surface area contributed by atoms with Crippen LogP contribution in [-0.4, -0.2) is 16.0 Å². The Morgan fingerprint density at radius 2 is 2.07 bits per heavy atom. The summed E-state index contributed by atoms with van der Waals surface area (Å²) in [6, 6.07) is 4.51. The monoisotopic (exact) mass is 194 g/mol. The quantitative estimate of drug-likeness (QED) is 0.770. The van der Waals surface area contributed by atoms with Gasteiger partial charge in [0.1, 0.15) is 17.3 Å². The van der Waals surface area contributed by atoms with Gasteiger partial charge < -0.3 is 15.0 Å². The van der Waals surface area contributed by atoms with Gasteiger partial charge in [0, 0.05) is 12.5 Å². The third kappa shape index (κ3) is 3.09. The second kappa shape index (κ2) is 4.65. The number of hydrogen-bond donors (Lipinski definition) is 2. The molecule has 1 aromatic rings. The predicted octanol–water partition coefficient (Wildman–Crippen LogP) is 2.01. The number of phenols is 2. The van der Waals surface area contributed by atoms with Crippen molar-refractivity contribution in [2.45, 2.75) is 26.2 Å². The molecule has 14 heavy (non-hydrogen) atoms. The fourth-order valence-electron chi connectivity index (χ4n) is 1.29. The summed E-state index contributed by atoms with van der Waals surface area (Å²) in [5, 5.41) is 18.4. The van der Waals surface area contributed by atoms with Crippen LogP contribution >= 0.6 is 0 Å². The van der Waals surface area contributed by atoms with E-state index in [1.165, 1.54) is 12.1 Å². The lowest BCUT2D eigenvalue weighted by Crippen LogP contribution is -1.92. The van der Waals surface area contributed by atoms with E-state index in [9.17, 15) is 9.90 Å². The highest BCUT2D eigenvalue weighted by Crippen LogP contribution is 2.23. The van der Waals surface area contributed by atoms with Gasteiger partial charge in [0.15, 0.2) is 0 Å². The van der Waals surface area contributed by atoms with Gasteiger partial charge in [0.25, 0.3) is 0 Å². The zero-order valence-electron chi connectivity index (χ0n) is 8.16. The molecule has 0 radical (unpaired) electrons. The number of hydrogen-bond acceptors (Lipinski definition) is 3. The second-order valence-electron chi connectivity index (χ2n) is 3.37. The molecule has 0 atom stereocenters. The first kappa shape index (κ1) is 10.6. The molecule has 0 heterocycles. The number of benzene rings is 1. The maximum absolute atomic E-state index is 10.7. The van der Waals surface area contributed by atoms with Gasteiger partial charge in [-0.1, -0.05) is 6.07 Å². The molecular weight excluding hydrogens is 180 g/mol. The van der Waals surface area contributed by atoms with Crippen molar-refractivity contribution in [1.29, 1.82) is 0 Å². The molecule has 0 aliphatic rings. The molecule has 0 aliphatic carbocycles. The lowest BCUT2D eigenvalue weighted by atomic mass is 10.1. The molecule has 0 amide bonds. The third-order valence-corrected chi connectivity index (χ3v) is 2.04. The smallest absolute Gasteiger partial charge is 0.129 e. The number of Topliss-reactive ketones (excluding diaryl/α,β-unsaturated/α-hetero) is 1. The minimum absolute atomic E-state index is 0.0535.